The third-order valence-electron chi connectivity index (χ3n) is 21.6. The van der Waals surface area contributed by atoms with Gasteiger partial charge in [0.25, 0.3) is 0 Å². The van der Waals surface area contributed by atoms with Gasteiger partial charge in [0.05, 0.1) is 11.0 Å². The van der Waals surface area contributed by atoms with E-state index in [1.165, 1.54) is 109 Å². The first kappa shape index (κ1) is 59.0. The Kier molecular flexibility index (Phi) is 13.6. The van der Waals surface area contributed by atoms with Crippen LogP contribution in [0.4, 0.5) is 0 Å². The molecule has 0 N–H and O–H groups in total. The summed E-state index contributed by atoms with van der Waals surface area (Å²) in [6.45, 7) is 4.72. The quantitative estimate of drug-likeness (QED) is 0.137. The van der Waals surface area contributed by atoms with Gasteiger partial charge >= 0.3 is 0 Å². The fourth-order valence-electron chi connectivity index (χ4n) is 16.7. The van der Waals surface area contributed by atoms with Crippen molar-refractivity contribution in [3.05, 3.63) is 363 Å². The van der Waals surface area contributed by atoms with Crippen LogP contribution in [0.2, 0.25) is 0 Å². The molecule has 4 nitrogen and oxygen atoms in total. The average Bonchev–Trinajstić information content (AvgIpc) is 1.51. The van der Waals surface area contributed by atoms with Crippen LogP contribution in [0.3, 0.4) is 0 Å². The molecule has 0 saturated carbocycles. The molecule has 20 rings (SSSR count). The van der Waals surface area contributed by atoms with Crippen molar-refractivity contribution in [1.82, 2.24) is 19.5 Å². The predicted molar refractivity (Wildman–Crippen MR) is 428 cm³/mol. The van der Waals surface area contributed by atoms with E-state index in [1.54, 1.807) is 0 Å². The molecule has 17 aromatic carbocycles. The summed E-state index contributed by atoms with van der Waals surface area (Å²) in [6, 6.07) is 130. The number of hydrogen-bond donors (Lipinski definition) is 0. The van der Waals surface area contributed by atoms with Crippen LogP contribution in [-0.4, -0.2) is 19.5 Å². The molecule has 102 heavy (non-hydrogen) atoms. The topological polar surface area (TPSA) is 43.6 Å². The molecule has 0 radical (unpaired) electrons. The second-order valence-electron chi connectivity index (χ2n) is 27.8. The number of rotatable bonds is 10. The van der Waals surface area contributed by atoms with Crippen LogP contribution in [0.1, 0.15) is 25.0 Å². The van der Waals surface area contributed by atoms with Gasteiger partial charge in [-0.05, 0) is 215 Å². The zero-order valence-electron chi connectivity index (χ0n) is 56.3. The molecule has 2 aromatic heterocycles. The fraction of sp³-hybridized carbons (Fsp3) is 0.0306. The summed E-state index contributed by atoms with van der Waals surface area (Å²) >= 11 is 0. The van der Waals surface area contributed by atoms with Crippen LogP contribution in [0.5, 0.6) is 0 Å². The molecule has 476 valence electrons. The van der Waals surface area contributed by atoms with Crippen molar-refractivity contribution in [3.8, 4) is 118 Å². The molecule has 0 atom stereocenters. The Morgan fingerprint density at radius 1 is 0.216 bits per heavy atom. The van der Waals surface area contributed by atoms with Crippen molar-refractivity contribution in [2.24, 2.45) is 0 Å². The highest BCUT2D eigenvalue weighted by Crippen LogP contribution is 2.53. The van der Waals surface area contributed by atoms with E-state index in [1.807, 2.05) is 36.4 Å². The zero-order valence-corrected chi connectivity index (χ0v) is 56.3. The van der Waals surface area contributed by atoms with Crippen molar-refractivity contribution in [2.75, 3.05) is 0 Å². The van der Waals surface area contributed by atoms with Gasteiger partial charge in [0.15, 0.2) is 11.6 Å². The minimum atomic E-state index is -0.266. The first-order valence-electron chi connectivity index (χ1n) is 35.2. The molecule has 0 amide bonds. The molecule has 1 aliphatic rings. The summed E-state index contributed by atoms with van der Waals surface area (Å²) in [7, 11) is 0. The highest BCUT2D eigenvalue weighted by atomic mass is 15.2. The van der Waals surface area contributed by atoms with Crippen molar-refractivity contribution in [1.29, 1.82) is 0 Å². The lowest BCUT2D eigenvalue weighted by Gasteiger charge is -2.21. The van der Waals surface area contributed by atoms with E-state index in [-0.39, 0.29) is 5.41 Å². The Balaban J connectivity index is 0.877. The number of aromatic nitrogens is 4. The third kappa shape index (κ3) is 9.63. The molecule has 19 aromatic rings. The Morgan fingerprint density at radius 3 is 1.16 bits per heavy atom. The van der Waals surface area contributed by atoms with E-state index >= 15 is 0 Å². The molecule has 2 heterocycles. The summed E-state index contributed by atoms with van der Waals surface area (Å²) in [5.74, 6) is 1.78. The SMILES string of the molecule is CC1(C)c2ccccc2-c2cc3c4cc(-c5cc(-c6cc(-c7cccc8ccccc78)cc(-c7cccc8ccccc78)c6)cc(-c6ccc(-c7cccc8ccccc78)c7c(-c8cccc9ccccc89)cccc67)c5)ccc4n(-c4nc(-c5ccccc5)nc(-c5ccccc5)n4)c3cc21. The second kappa shape index (κ2) is 23.5. The van der Waals surface area contributed by atoms with Crippen LogP contribution in [0, 0.1) is 0 Å². The number of hydrogen-bond acceptors (Lipinski definition) is 3. The molecule has 1 aliphatic carbocycles. The summed E-state index contributed by atoms with van der Waals surface area (Å²) in [5, 5.41) is 14.3. The second-order valence-corrected chi connectivity index (χ2v) is 27.8. The van der Waals surface area contributed by atoms with E-state index in [9.17, 15) is 0 Å². The molecular formula is C98H64N4. The van der Waals surface area contributed by atoms with Gasteiger partial charge in [-0.25, -0.2) is 4.98 Å². The van der Waals surface area contributed by atoms with Gasteiger partial charge in [-0.3, -0.25) is 4.57 Å². The first-order chi connectivity index (χ1) is 50.3. The molecule has 0 fully saturated rings. The lowest BCUT2D eigenvalue weighted by atomic mass is 9.82. The number of fused-ring (bicyclic) bond motifs is 11. The van der Waals surface area contributed by atoms with E-state index in [4.69, 9.17) is 15.0 Å². The Hall–Kier alpha value is -13.2. The summed E-state index contributed by atoms with van der Waals surface area (Å²) in [4.78, 5) is 16.1. The first-order valence-corrected chi connectivity index (χ1v) is 35.2. The largest absolute Gasteiger partial charge is 0.278 e. The standard InChI is InChI=1S/C98H64N4/c1-98(2)90-47-18-17-40-83(90)87-59-89-88-58-67(48-51-92(88)102(93(89)60-91(87)98)97-100-95(65-28-5-3-6-29-65)99-96(101-97)66-30-7-4-8-31-66)68-52-69(70-55-72(78-41-19-32-61-24-9-13-36-74(61)78)57-73(56-70)79-42-20-33-62-25-10-14-37-75(62)79)54-71(53-68)80-49-50-86(82-44-22-35-64-27-12-16-39-77(64)82)94-84(80)45-23-46-85(94)81-43-21-34-63-26-11-15-38-76(63)81/h3-60H,1-2H3. The van der Waals surface area contributed by atoms with E-state index in [0.29, 0.717) is 17.6 Å². The van der Waals surface area contributed by atoms with Crippen LogP contribution in [0.15, 0.2) is 352 Å². The Morgan fingerprint density at radius 2 is 0.598 bits per heavy atom. The Labute approximate surface area is 591 Å². The summed E-state index contributed by atoms with van der Waals surface area (Å²) in [6.07, 6.45) is 0. The molecule has 0 aliphatic heterocycles. The predicted octanol–water partition coefficient (Wildman–Crippen LogP) is 26.0. The number of nitrogens with zero attached hydrogens (tertiary/aromatic N) is 4. The highest BCUT2D eigenvalue weighted by Gasteiger charge is 2.37. The molecule has 0 saturated heterocycles. The summed E-state index contributed by atoms with van der Waals surface area (Å²) in [5.41, 5.74) is 24.8. The highest BCUT2D eigenvalue weighted by molar-refractivity contribution is 6.18. The minimum absolute atomic E-state index is 0.266. The normalized spacial score (nSPS) is 12.5. The molecule has 4 heteroatoms. The van der Waals surface area contributed by atoms with Crippen LogP contribution < -0.4 is 0 Å². The maximum atomic E-state index is 5.45. The van der Waals surface area contributed by atoms with Crippen molar-refractivity contribution < 1.29 is 0 Å². The maximum absolute atomic E-state index is 5.45. The number of benzene rings is 17. The van der Waals surface area contributed by atoms with E-state index < -0.39 is 0 Å². The fourth-order valence-corrected chi connectivity index (χ4v) is 16.7. The van der Waals surface area contributed by atoms with E-state index in [0.717, 1.165) is 77.4 Å². The van der Waals surface area contributed by atoms with Crippen LogP contribution >= 0.6 is 0 Å². The smallest absolute Gasteiger partial charge is 0.238 e. The van der Waals surface area contributed by atoms with Gasteiger partial charge in [-0.2, -0.15) is 9.97 Å². The third-order valence-corrected chi connectivity index (χ3v) is 21.6. The lowest BCUT2D eigenvalue weighted by molar-refractivity contribution is 0.661. The van der Waals surface area contributed by atoms with Gasteiger partial charge < -0.3 is 0 Å². The van der Waals surface area contributed by atoms with Crippen LogP contribution in [0.25, 0.3) is 193 Å². The van der Waals surface area contributed by atoms with Gasteiger partial charge in [0.1, 0.15) is 0 Å². The minimum Gasteiger partial charge on any atom is -0.278 e. The molecule has 0 bridgehead atoms. The van der Waals surface area contributed by atoms with Crippen molar-refractivity contribution in [2.45, 2.75) is 19.3 Å². The van der Waals surface area contributed by atoms with Gasteiger partial charge in [0.2, 0.25) is 5.95 Å². The maximum Gasteiger partial charge on any atom is 0.238 e. The average molecular weight is 1300 g/mol. The van der Waals surface area contributed by atoms with Gasteiger partial charge in [0, 0.05) is 27.3 Å². The van der Waals surface area contributed by atoms with Gasteiger partial charge in [-0.1, -0.05) is 305 Å². The van der Waals surface area contributed by atoms with E-state index in [2.05, 4.69) is 334 Å². The van der Waals surface area contributed by atoms with Crippen molar-refractivity contribution >= 4 is 75.7 Å². The lowest BCUT2D eigenvalue weighted by Crippen LogP contribution is -2.15. The summed E-state index contributed by atoms with van der Waals surface area (Å²) < 4.78 is 2.29. The van der Waals surface area contributed by atoms with Crippen LogP contribution in [-0.2, 0) is 5.41 Å². The molecule has 0 unspecified atom stereocenters. The zero-order chi connectivity index (χ0) is 67.6. The monoisotopic (exact) mass is 1300 g/mol. The van der Waals surface area contributed by atoms with Gasteiger partial charge in [-0.15, -0.1) is 0 Å². The van der Waals surface area contributed by atoms with Crippen molar-refractivity contribution in [3.63, 3.8) is 0 Å². The Bertz CT molecular complexity index is 6400. The molecule has 0 spiro atoms. The molecular weight excluding hydrogens is 1230 g/mol.